The first-order chi connectivity index (χ1) is 9.85. The zero-order valence-corrected chi connectivity index (χ0v) is 12.9. The SMILES string of the molecule is CCCS(=O)(=O)N1CCC(NC(=O)C2CC2C(=O)O)CC1. The van der Waals surface area contributed by atoms with Gasteiger partial charge >= 0.3 is 5.97 Å². The van der Waals surface area contributed by atoms with Gasteiger partial charge in [-0.3, -0.25) is 9.59 Å². The Morgan fingerprint density at radius 3 is 2.33 bits per heavy atom. The van der Waals surface area contributed by atoms with E-state index in [1.807, 2.05) is 6.92 Å². The molecule has 2 atom stereocenters. The van der Waals surface area contributed by atoms with E-state index in [0.717, 1.165) is 0 Å². The number of aliphatic carboxylic acids is 1. The molecule has 2 unspecified atom stereocenters. The maximum absolute atomic E-state index is 11.9. The van der Waals surface area contributed by atoms with E-state index in [0.29, 0.717) is 38.8 Å². The van der Waals surface area contributed by atoms with Crippen LogP contribution in [-0.2, 0) is 19.6 Å². The molecule has 7 nitrogen and oxygen atoms in total. The molecule has 1 aliphatic heterocycles. The Morgan fingerprint density at radius 2 is 1.86 bits per heavy atom. The third-order valence-corrected chi connectivity index (χ3v) is 6.18. The van der Waals surface area contributed by atoms with Crippen LogP contribution < -0.4 is 5.32 Å². The maximum atomic E-state index is 11.9. The van der Waals surface area contributed by atoms with Crippen molar-refractivity contribution in [1.82, 2.24) is 9.62 Å². The molecule has 1 saturated carbocycles. The van der Waals surface area contributed by atoms with E-state index in [-0.39, 0.29) is 17.7 Å². The van der Waals surface area contributed by atoms with Gasteiger partial charge in [0.15, 0.2) is 0 Å². The summed E-state index contributed by atoms with van der Waals surface area (Å²) in [6.07, 6.45) is 2.17. The number of piperidine rings is 1. The minimum Gasteiger partial charge on any atom is -0.481 e. The molecule has 0 spiro atoms. The Morgan fingerprint density at radius 1 is 1.24 bits per heavy atom. The minimum absolute atomic E-state index is 0.0550. The number of rotatable bonds is 6. The van der Waals surface area contributed by atoms with Crippen molar-refractivity contribution in [3.8, 4) is 0 Å². The second kappa shape index (κ2) is 6.31. The summed E-state index contributed by atoms with van der Waals surface area (Å²) in [4.78, 5) is 22.6. The van der Waals surface area contributed by atoms with Gasteiger partial charge in [-0.15, -0.1) is 0 Å². The Kier molecular flexibility index (Phi) is 4.88. The predicted octanol–water partition coefficient (Wildman–Crippen LogP) is 0.0275. The van der Waals surface area contributed by atoms with Crippen LogP contribution in [0.15, 0.2) is 0 Å². The molecule has 21 heavy (non-hydrogen) atoms. The van der Waals surface area contributed by atoms with Gasteiger partial charge in [0, 0.05) is 19.1 Å². The molecule has 1 aliphatic carbocycles. The highest BCUT2D eigenvalue weighted by Gasteiger charge is 2.48. The highest BCUT2D eigenvalue weighted by atomic mass is 32.2. The standard InChI is InChI=1S/C13H22N2O5S/c1-2-7-21(19,20)15-5-3-9(4-6-15)14-12(16)10-8-11(10)13(17)18/h9-11H,2-8H2,1H3,(H,14,16)(H,17,18). The van der Waals surface area contributed by atoms with Gasteiger partial charge in [0.2, 0.25) is 15.9 Å². The van der Waals surface area contributed by atoms with E-state index in [1.54, 1.807) is 0 Å². The number of amides is 1. The van der Waals surface area contributed by atoms with Crippen LogP contribution in [0.3, 0.4) is 0 Å². The Labute approximate surface area is 124 Å². The van der Waals surface area contributed by atoms with Crippen LogP contribution in [0.25, 0.3) is 0 Å². The number of sulfonamides is 1. The van der Waals surface area contributed by atoms with Gasteiger partial charge in [-0.05, 0) is 25.7 Å². The number of carbonyl (C=O) groups excluding carboxylic acids is 1. The van der Waals surface area contributed by atoms with Gasteiger partial charge < -0.3 is 10.4 Å². The number of nitrogens with one attached hydrogen (secondary N) is 1. The lowest BCUT2D eigenvalue weighted by Crippen LogP contribution is -2.47. The molecule has 0 bridgehead atoms. The summed E-state index contributed by atoms with van der Waals surface area (Å²) in [6, 6.07) is -0.0550. The summed E-state index contributed by atoms with van der Waals surface area (Å²) in [5.41, 5.74) is 0. The fourth-order valence-electron chi connectivity index (χ4n) is 2.73. The Bertz CT molecular complexity index is 511. The molecule has 1 saturated heterocycles. The molecule has 1 heterocycles. The third-order valence-electron chi connectivity index (χ3n) is 4.10. The van der Waals surface area contributed by atoms with Crippen LogP contribution in [0.2, 0.25) is 0 Å². The topological polar surface area (TPSA) is 104 Å². The van der Waals surface area contributed by atoms with Crippen LogP contribution in [0, 0.1) is 11.8 Å². The molecular formula is C13H22N2O5S. The number of carboxylic acids is 1. The number of carbonyl (C=O) groups is 2. The summed E-state index contributed by atoms with van der Waals surface area (Å²) in [5.74, 6) is -1.93. The van der Waals surface area contributed by atoms with Crippen molar-refractivity contribution in [2.45, 2.75) is 38.6 Å². The number of hydrogen-bond donors (Lipinski definition) is 2. The largest absolute Gasteiger partial charge is 0.481 e. The van der Waals surface area contributed by atoms with Crippen LogP contribution in [0.5, 0.6) is 0 Å². The van der Waals surface area contributed by atoms with Gasteiger partial charge in [-0.2, -0.15) is 0 Å². The minimum atomic E-state index is -3.17. The molecule has 120 valence electrons. The van der Waals surface area contributed by atoms with Crippen molar-refractivity contribution in [3.05, 3.63) is 0 Å². The second-order valence-corrected chi connectivity index (χ2v) is 7.87. The smallest absolute Gasteiger partial charge is 0.307 e. The van der Waals surface area contributed by atoms with Gasteiger partial charge in [-0.1, -0.05) is 6.92 Å². The number of carboxylic acid groups (broad SMARTS) is 1. The van der Waals surface area contributed by atoms with Crippen LogP contribution in [-0.4, -0.2) is 54.6 Å². The van der Waals surface area contributed by atoms with Crippen molar-refractivity contribution < 1.29 is 23.1 Å². The lowest BCUT2D eigenvalue weighted by atomic mass is 10.1. The van der Waals surface area contributed by atoms with Gasteiger partial charge in [-0.25, -0.2) is 12.7 Å². The van der Waals surface area contributed by atoms with Crippen molar-refractivity contribution in [1.29, 1.82) is 0 Å². The van der Waals surface area contributed by atoms with E-state index in [9.17, 15) is 18.0 Å². The highest BCUT2D eigenvalue weighted by molar-refractivity contribution is 7.89. The van der Waals surface area contributed by atoms with Crippen molar-refractivity contribution >= 4 is 21.9 Å². The van der Waals surface area contributed by atoms with Gasteiger partial charge in [0.1, 0.15) is 0 Å². The lowest BCUT2D eigenvalue weighted by Gasteiger charge is -2.31. The second-order valence-electron chi connectivity index (χ2n) is 5.78. The first-order valence-electron chi connectivity index (χ1n) is 7.36. The molecule has 1 amide bonds. The summed E-state index contributed by atoms with van der Waals surface area (Å²) >= 11 is 0. The van der Waals surface area contributed by atoms with Gasteiger partial charge in [0.05, 0.1) is 17.6 Å². The molecular weight excluding hydrogens is 296 g/mol. The maximum Gasteiger partial charge on any atom is 0.307 e. The van der Waals surface area contributed by atoms with Crippen molar-refractivity contribution in [2.75, 3.05) is 18.8 Å². The Hall–Kier alpha value is -1.15. The van der Waals surface area contributed by atoms with E-state index >= 15 is 0 Å². The summed E-state index contributed by atoms with van der Waals surface area (Å²) in [6.45, 7) is 2.67. The van der Waals surface area contributed by atoms with Crippen molar-refractivity contribution in [3.63, 3.8) is 0 Å². The number of hydrogen-bond acceptors (Lipinski definition) is 4. The van der Waals surface area contributed by atoms with E-state index in [2.05, 4.69) is 5.32 Å². The molecule has 0 aromatic rings. The van der Waals surface area contributed by atoms with E-state index < -0.39 is 27.8 Å². The predicted molar refractivity (Wildman–Crippen MR) is 76.0 cm³/mol. The molecule has 0 aromatic carbocycles. The fraction of sp³-hybridized carbons (Fsp3) is 0.846. The molecule has 0 aromatic heterocycles. The first kappa shape index (κ1) is 16.2. The molecule has 0 radical (unpaired) electrons. The fourth-order valence-corrected chi connectivity index (χ4v) is 4.27. The molecule has 2 fully saturated rings. The average Bonchev–Trinajstić information content (AvgIpc) is 3.19. The highest BCUT2D eigenvalue weighted by Crippen LogP contribution is 2.38. The molecule has 2 N–H and O–H groups in total. The molecule has 8 heteroatoms. The molecule has 2 aliphatic rings. The summed E-state index contributed by atoms with van der Waals surface area (Å²) < 4.78 is 25.3. The van der Waals surface area contributed by atoms with Gasteiger partial charge in [0.25, 0.3) is 0 Å². The third kappa shape index (κ3) is 3.94. The Balaban J connectivity index is 1.77. The number of nitrogens with zero attached hydrogens (tertiary/aromatic N) is 1. The summed E-state index contributed by atoms with van der Waals surface area (Å²) in [7, 11) is -3.17. The summed E-state index contributed by atoms with van der Waals surface area (Å²) in [5, 5.41) is 11.6. The zero-order valence-electron chi connectivity index (χ0n) is 12.1. The monoisotopic (exact) mass is 318 g/mol. The van der Waals surface area contributed by atoms with Crippen LogP contribution in [0.4, 0.5) is 0 Å². The zero-order chi connectivity index (χ0) is 15.6. The first-order valence-corrected chi connectivity index (χ1v) is 8.97. The molecule has 2 rings (SSSR count). The average molecular weight is 318 g/mol. The van der Waals surface area contributed by atoms with Crippen molar-refractivity contribution in [2.24, 2.45) is 11.8 Å². The van der Waals surface area contributed by atoms with Crippen LogP contribution >= 0.6 is 0 Å². The lowest BCUT2D eigenvalue weighted by molar-refractivity contribution is -0.140. The van der Waals surface area contributed by atoms with Crippen LogP contribution in [0.1, 0.15) is 32.6 Å². The van der Waals surface area contributed by atoms with E-state index in [4.69, 9.17) is 5.11 Å². The van der Waals surface area contributed by atoms with E-state index in [1.165, 1.54) is 4.31 Å². The normalized spacial score (nSPS) is 27.3. The quantitative estimate of drug-likeness (QED) is 0.719.